The van der Waals surface area contributed by atoms with Crippen molar-refractivity contribution >= 4 is 23.7 Å². The summed E-state index contributed by atoms with van der Waals surface area (Å²) in [4.78, 5) is 50.3. The summed E-state index contributed by atoms with van der Waals surface area (Å²) in [5.74, 6) is -1.68. The fraction of sp³-hybridized carbons (Fsp3) is 0.647. The van der Waals surface area contributed by atoms with E-state index in [1.807, 2.05) is 13.0 Å². The number of rotatable bonds is 1. The third-order valence-electron chi connectivity index (χ3n) is 4.53. The van der Waals surface area contributed by atoms with Gasteiger partial charge in [0.05, 0.1) is 13.7 Å². The van der Waals surface area contributed by atoms with Crippen molar-refractivity contribution in [3.8, 4) is 0 Å². The molecule has 2 aliphatic rings. The summed E-state index contributed by atoms with van der Waals surface area (Å²) in [5, 5.41) is 5.12. The van der Waals surface area contributed by atoms with Crippen LogP contribution in [0.3, 0.4) is 0 Å². The molecule has 3 amide bonds. The van der Waals surface area contributed by atoms with Gasteiger partial charge >= 0.3 is 5.97 Å². The normalized spacial score (nSPS) is 29.9. The predicted octanol–water partition coefficient (Wildman–Crippen LogP) is -0.262. The molecule has 0 aromatic rings. The first kappa shape index (κ1) is 19.0. The molecule has 2 aliphatic heterocycles. The van der Waals surface area contributed by atoms with Crippen molar-refractivity contribution in [1.82, 2.24) is 15.5 Å². The highest BCUT2D eigenvalue weighted by Gasteiger charge is 2.35. The molecule has 0 aromatic heterocycles. The van der Waals surface area contributed by atoms with Crippen LogP contribution < -0.4 is 10.6 Å². The fourth-order valence-corrected chi connectivity index (χ4v) is 3.11. The van der Waals surface area contributed by atoms with E-state index in [2.05, 4.69) is 15.4 Å². The molecule has 138 valence electrons. The Kier molecular flexibility index (Phi) is 6.55. The van der Waals surface area contributed by atoms with Crippen LogP contribution in [0.15, 0.2) is 12.2 Å². The zero-order valence-electron chi connectivity index (χ0n) is 14.6. The molecule has 0 saturated carbocycles. The Balaban J connectivity index is 2.17. The fourth-order valence-electron chi connectivity index (χ4n) is 3.11. The lowest BCUT2D eigenvalue weighted by molar-refractivity contribution is -0.145. The lowest BCUT2D eigenvalue weighted by Crippen LogP contribution is -2.51. The van der Waals surface area contributed by atoms with E-state index in [0.29, 0.717) is 19.4 Å². The number of carbonyl (C=O) groups is 4. The van der Waals surface area contributed by atoms with Gasteiger partial charge in [0, 0.05) is 12.5 Å². The second kappa shape index (κ2) is 8.64. The van der Waals surface area contributed by atoms with E-state index in [-0.39, 0.29) is 30.7 Å². The maximum Gasteiger partial charge on any atom is 0.328 e. The first-order valence-corrected chi connectivity index (χ1v) is 8.54. The average molecular weight is 351 g/mol. The first-order valence-electron chi connectivity index (χ1n) is 8.54. The van der Waals surface area contributed by atoms with Gasteiger partial charge in [0.2, 0.25) is 17.7 Å². The quantitative estimate of drug-likeness (QED) is 0.500. The molecule has 0 radical (unpaired) electrons. The van der Waals surface area contributed by atoms with Gasteiger partial charge in [-0.25, -0.2) is 4.79 Å². The number of hydrogen-bond donors (Lipinski definition) is 2. The van der Waals surface area contributed by atoms with Crippen LogP contribution in [-0.2, 0) is 23.9 Å². The van der Waals surface area contributed by atoms with Crippen molar-refractivity contribution in [3.63, 3.8) is 0 Å². The molecular weight excluding hydrogens is 326 g/mol. The highest BCUT2D eigenvalue weighted by atomic mass is 16.5. The molecule has 1 fully saturated rings. The summed E-state index contributed by atoms with van der Waals surface area (Å²) in [5.41, 5.74) is 0. The number of ether oxygens (including phenoxy) is 1. The van der Waals surface area contributed by atoms with Gasteiger partial charge in [0.15, 0.2) is 0 Å². The smallest absolute Gasteiger partial charge is 0.328 e. The number of methoxy groups -OCH3 is 1. The highest BCUT2D eigenvalue weighted by molar-refractivity contribution is 5.92. The number of fused-ring (bicyclic) bond motifs is 1. The van der Waals surface area contributed by atoms with Gasteiger partial charge in [-0.2, -0.15) is 0 Å². The van der Waals surface area contributed by atoms with Gasteiger partial charge in [0.1, 0.15) is 12.1 Å². The molecule has 8 nitrogen and oxygen atoms in total. The van der Waals surface area contributed by atoms with Crippen LogP contribution >= 0.6 is 0 Å². The molecule has 3 atom stereocenters. The van der Waals surface area contributed by atoms with Crippen LogP contribution in [0, 0.1) is 5.92 Å². The number of amides is 3. The third kappa shape index (κ3) is 4.80. The minimum Gasteiger partial charge on any atom is -0.467 e. The van der Waals surface area contributed by atoms with Crippen LogP contribution in [-0.4, -0.2) is 60.9 Å². The standard InChI is InChI=1S/C17H25N3O5/c1-11-6-3-4-7-12(17(24)25-2)19-14(21)10-18-15(22)13-8-5-9-20(13)16(11)23/h3-4,11-13H,5-10H2,1-2H3,(H,18,22)(H,19,21)/b4-3+/t11-,12-,13-/m0/s1. The summed E-state index contributed by atoms with van der Waals surface area (Å²) >= 11 is 0. The molecule has 2 heterocycles. The van der Waals surface area contributed by atoms with E-state index in [9.17, 15) is 19.2 Å². The number of hydrogen-bond acceptors (Lipinski definition) is 5. The molecule has 2 rings (SSSR count). The van der Waals surface area contributed by atoms with Crippen LogP contribution in [0.2, 0.25) is 0 Å². The number of esters is 1. The number of allylic oxidation sites excluding steroid dienone is 1. The Morgan fingerprint density at radius 1 is 1.24 bits per heavy atom. The minimum atomic E-state index is -0.817. The first-order chi connectivity index (χ1) is 11.9. The Bertz CT molecular complexity index is 575. The SMILES string of the molecule is COC(=O)[C@@H]1C/C=C/C[C@H](C)C(=O)N2CCC[C@H]2C(=O)NCC(=O)N1. The number of carbonyl (C=O) groups excluding carboxylic acids is 4. The van der Waals surface area contributed by atoms with Gasteiger partial charge in [-0.15, -0.1) is 0 Å². The summed E-state index contributed by atoms with van der Waals surface area (Å²) < 4.78 is 4.69. The maximum absolute atomic E-state index is 12.6. The Labute approximate surface area is 146 Å². The van der Waals surface area contributed by atoms with Crippen molar-refractivity contribution in [3.05, 3.63) is 12.2 Å². The van der Waals surface area contributed by atoms with Gasteiger partial charge < -0.3 is 20.3 Å². The molecule has 2 N–H and O–H groups in total. The van der Waals surface area contributed by atoms with E-state index in [1.54, 1.807) is 11.0 Å². The van der Waals surface area contributed by atoms with E-state index in [0.717, 1.165) is 6.42 Å². The third-order valence-corrected chi connectivity index (χ3v) is 4.53. The Morgan fingerprint density at radius 3 is 2.68 bits per heavy atom. The summed E-state index contributed by atoms with van der Waals surface area (Å²) in [7, 11) is 1.25. The molecule has 0 spiro atoms. The zero-order valence-corrected chi connectivity index (χ0v) is 14.6. The second-order valence-corrected chi connectivity index (χ2v) is 6.39. The minimum absolute atomic E-state index is 0.0617. The van der Waals surface area contributed by atoms with E-state index in [1.165, 1.54) is 7.11 Å². The Hall–Kier alpha value is -2.38. The Morgan fingerprint density at radius 2 is 1.96 bits per heavy atom. The van der Waals surface area contributed by atoms with Crippen LogP contribution in [0.1, 0.15) is 32.6 Å². The van der Waals surface area contributed by atoms with E-state index >= 15 is 0 Å². The van der Waals surface area contributed by atoms with Gasteiger partial charge in [0.25, 0.3) is 0 Å². The van der Waals surface area contributed by atoms with Crippen LogP contribution in [0.5, 0.6) is 0 Å². The lowest BCUT2D eigenvalue weighted by atomic mass is 10.0. The summed E-state index contributed by atoms with van der Waals surface area (Å²) in [6.45, 7) is 2.14. The molecule has 0 bridgehead atoms. The van der Waals surface area contributed by atoms with E-state index < -0.39 is 24.0 Å². The van der Waals surface area contributed by atoms with Gasteiger partial charge in [-0.1, -0.05) is 19.1 Å². The molecule has 0 unspecified atom stereocenters. The molecule has 25 heavy (non-hydrogen) atoms. The zero-order chi connectivity index (χ0) is 18.4. The van der Waals surface area contributed by atoms with Crippen molar-refractivity contribution in [2.75, 3.05) is 20.2 Å². The highest BCUT2D eigenvalue weighted by Crippen LogP contribution is 2.21. The summed E-state index contributed by atoms with van der Waals surface area (Å²) in [6.07, 6.45) is 5.71. The predicted molar refractivity (Wildman–Crippen MR) is 89.2 cm³/mol. The van der Waals surface area contributed by atoms with Gasteiger partial charge in [-0.05, 0) is 25.7 Å². The van der Waals surface area contributed by atoms with Crippen molar-refractivity contribution in [2.24, 2.45) is 5.92 Å². The average Bonchev–Trinajstić information content (AvgIpc) is 3.09. The summed E-state index contributed by atoms with van der Waals surface area (Å²) in [6, 6.07) is -1.35. The maximum atomic E-state index is 12.6. The topological polar surface area (TPSA) is 105 Å². The van der Waals surface area contributed by atoms with Crippen molar-refractivity contribution < 1.29 is 23.9 Å². The molecule has 0 aromatic carbocycles. The van der Waals surface area contributed by atoms with E-state index in [4.69, 9.17) is 0 Å². The van der Waals surface area contributed by atoms with Crippen molar-refractivity contribution in [1.29, 1.82) is 0 Å². The number of nitrogens with zero attached hydrogens (tertiary/aromatic N) is 1. The molecule has 1 saturated heterocycles. The monoisotopic (exact) mass is 351 g/mol. The molecule has 8 heteroatoms. The lowest BCUT2D eigenvalue weighted by Gasteiger charge is -2.26. The largest absolute Gasteiger partial charge is 0.467 e. The van der Waals surface area contributed by atoms with Crippen molar-refractivity contribution in [2.45, 2.75) is 44.7 Å². The molecular formula is C17H25N3O5. The second-order valence-electron chi connectivity index (χ2n) is 6.39. The molecule has 0 aliphatic carbocycles. The van der Waals surface area contributed by atoms with Crippen LogP contribution in [0.4, 0.5) is 0 Å². The van der Waals surface area contributed by atoms with Crippen LogP contribution in [0.25, 0.3) is 0 Å². The van der Waals surface area contributed by atoms with Gasteiger partial charge in [-0.3, -0.25) is 14.4 Å². The number of nitrogens with one attached hydrogen (secondary N) is 2.